The summed E-state index contributed by atoms with van der Waals surface area (Å²) in [7, 11) is 0. The first-order valence-corrected chi connectivity index (χ1v) is 9.33. The van der Waals surface area contributed by atoms with Crippen LogP contribution >= 0.6 is 17.1 Å². The number of hydrogen-bond acceptors (Lipinski definition) is 7. The SMILES string of the molecule is CCOP(=S)(OCC)Sc1nc(C)nc(C)n1. The molecule has 0 spiro atoms. The summed E-state index contributed by atoms with van der Waals surface area (Å²) in [5.41, 5.74) is -2.38. The Morgan fingerprint density at radius 1 is 1.06 bits per heavy atom. The minimum absolute atomic E-state index is 0.521. The molecule has 0 bridgehead atoms. The Labute approximate surface area is 111 Å². The van der Waals surface area contributed by atoms with Crippen molar-refractivity contribution in [1.29, 1.82) is 0 Å². The van der Waals surface area contributed by atoms with Gasteiger partial charge in [-0.1, -0.05) is 0 Å². The van der Waals surface area contributed by atoms with E-state index in [1.54, 1.807) is 0 Å². The van der Waals surface area contributed by atoms with Gasteiger partial charge in [-0.2, -0.15) is 0 Å². The molecule has 17 heavy (non-hydrogen) atoms. The molecule has 1 aromatic rings. The van der Waals surface area contributed by atoms with Gasteiger partial charge in [0.15, 0.2) is 5.16 Å². The van der Waals surface area contributed by atoms with E-state index in [9.17, 15) is 0 Å². The second-order valence-electron chi connectivity index (χ2n) is 3.09. The van der Waals surface area contributed by atoms with Gasteiger partial charge >= 0.3 is 0 Å². The highest BCUT2D eigenvalue weighted by Crippen LogP contribution is 2.63. The minimum atomic E-state index is -2.38. The van der Waals surface area contributed by atoms with Gasteiger partial charge in [0.25, 0.3) is 5.69 Å². The van der Waals surface area contributed by atoms with Crippen molar-refractivity contribution in [3.05, 3.63) is 11.6 Å². The topological polar surface area (TPSA) is 57.1 Å². The third-order valence-electron chi connectivity index (χ3n) is 1.61. The van der Waals surface area contributed by atoms with Crippen molar-refractivity contribution in [1.82, 2.24) is 15.0 Å². The second kappa shape index (κ2) is 6.75. The van der Waals surface area contributed by atoms with Crippen LogP contribution in [0.4, 0.5) is 0 Å². The van der Waals surface area contributed by atoms with E-state index < -0.39 is 5.69 Å². The average molecular weight is 293 g/mol. The van der Waals surface area contributed by atoms with Crippen LogP contribution in [0.5, 0.6) is 0 Å². The summed E-state index contributed by atoms with van der Waals surface area (Å²) in [4.78, 5) is 12.6. The van der Waals surface area contributed by atoms with Crippen LogP contribution in [-0.2, 0) is 20.9 Å². The molecule has 1 aromatic heterocycles. The Hall–Kier alpha value is -0.0700. The fourth-order valence-electron chi connectivity index (χ4n) is 1.13. The van der Waals surface area contributed by atoms with Gasteiger partial charge in [0.1, 0.15) is 11.6 Å². The summed E-state index contributed by atoms with van der Waals surface area (Å²) in [5, 5.41) is 0.570. The van der Waals surface area contributed by atoms with Crippen LogP contribution in [0.3, 0.4) is 0 Å². The van der Waals surface area contributed by atoms with Gasteiger partial charge < -0.3 is 9.05 Å². The van der Waals surface area contributed by atoms with Crippen molar-refractivity contribution in [2.75, 3.05) is 13.2 Å². The van der Waals surface area contributed by atoms with E-state index in [4.69, 9.17) is 20.9 Å². The lowest BCUT2D eigenvalue weighted by molar-refractivity contribution is 0.280. The van der Waals surface area contributed by atoms with E-state index in [-0.39, 0.29) is 0 Å². The summed E-state index contributed by atoms with van der Waals surface area (Å²) in [5.74, 6) is 1.35. The molecule has 0 aromatic carbocycles. The molecule has 0 aliphatic heterocycles. The van der Waals surface area contributed by atoms with Crippen molar-refractivity contribution in [3.63, 3.8) is 0 Å². The maximum atomic E-state index is 5.52. The van der Waals surface area contributed by atoms with Crippen LogP contribution in [-0.4, -0.2) is 28.2 Å². The quantitative estimate of drug-likeness (QED) is 0.747. The highest BCUT2D eigenvalue weighted by Gasteiger charge is 2.22. The zero-order chi connectivity index (χ0) is 12.9. The molecule has 0 radical (unpaired) electrons. The minimum Gasteiger partial charge on any atom is -0.322 e. The van der Waals surface area contributed by atoms with E-state index in [2.05, 4.69) is 15.0 Å². The molecule has 1 rings (SSSR count). The molecule has 0 unspecified atom stereocenters. The van der Waals surface area contributed by atoms with Gasteiger partial charge in [0, 0.05) is 11.4 Å². The lowest BCUT2D eigenvalue weighted by Crippen LogP contribution is -1.99. The number of aromatic nitrogens is 3. The first-order valence-electron chi connectivity index (χ1n) is 5.27. The van der Waals surface area contributed by atoms with Gasteiger partial charge in [0.2, 0.25) is 0 Å². The first-order chi connectivity index (χ1) is 7.99. The summed E-state index contributed by atoms with van der Waals surface area (Å²) >= 11 is 6.69. The zero-order valence-electron chi connectivity index (χ0n) is 10.3. The molecule has 8 heteroatoms. The van der Waals surface area contributed by atoms with Crippen LogP contribution in [0.25, 0.3) is 0 Å². The van der Waals surface area contributed by atoms with Gasteiger partial charge in [-0.05, 0) is 39.5 Å². The number of rotatable bonds is 6. The molecular weight excluding hydrogens is 277 g/mol. The Kier molecular flexibility index (Phi) is 5.95. The molecule has 0 saturated carbocycles. The van der Waals surface area contributed by atoms with Crippen LogP contribution in [0.15, 0.2) is 5.16 Å². The lowest BCUT2D eigenvalue weighted by atomic mass is 10.6. The standard InChI is InChI=1S/C9H16N3O2PS2/c1-5-13-15(16,14-6-2)17-9-11-7(3)10-8(4)12-9/h5-6H2,1-4H3. The molecule has 5 nitrogen and oxygen atoms in total. The fourth-order valence-corrected chi connectivity index (χ4v) is 5.52. The van der Waals surface area contributed by atoms with Crippen LogP contribution in [0, 0.1) is 13.8 Å². The monoisotopic (exact) mass is 293 g/mol. The highest BCUT2D eigenvalue weighted by atomic mass is 32.9. The third kappa shape index (κ3) is 4.97. The molecule has 0 saturated heterocycles. The van der Waals surface area contributed by atoms with E-state index in [1.807, 2.05) is 27.7 Å². The summed E-state index contributed by atoms with van der Waals surface area (Å²) in [6.45, 7) is 8.48. The Balaban J connectivity index is 2.89. The van der Waals surface area contributed by atoms with Crippen molar-refractivity contribution in [3.8, 4) is 0 Å². The van der Waals surface area contributed by atoms with Gasteiger partial charge in [-0.15, -0.1) is 0 Å². The fraction of sp³-hybridized carbons (Fsp3) is 0.667. The van der Waals surface area contributed by atoms with Crippen molar-refractivity contribution in [2.45, 2.75) is 32.9 Å². The predicted molar refractivity (Wildman–Crippen MR) is 72.7 cm³/mol. The molecular formula is C9H16N3O2PS2. The predicted octanol–water partition coefficient (Wildman–Crippen LogP) is 2.88. The number of aryl methyl sites for hydroxylation is 2. The largest absolute Gasteiger partial charge is 0.322 e. The first kappa shape index (κ1) is 15.0. The average Bonchev–Trinajstić information content (AvgIpc) is 2.15. The zero-order valence-corrected chi connectivity index (χ0v) is 12.9. The van der Waals surface area contributed by atoms with Gasteiger partial charge in [-0.25, -0.2) is 15.0 Å². The van der Waals surface area contributed by atoms with E-state index in [0.717, 1.165) is 0 Å². The van der Waals surface area contributed by atoms with Crippen LogP contribution in [0.1, 0.15) is 25.5 Å². The Morgan fingerprint density at radius 2 is 1.53 bits per heavy atom. The number of nitrogens with zero attached hydrogens (tertiary/aromatic N) is 3. The second-order valence-corrected chi connectivity index (χ2v) is 9.17. The Bertz CT molecular complexity index is 400. The van der Waals surface area contributed by atoms with Gasteiger partial charge in [0.05, 0.1) is 13.2 Å². The smallest absolute Gasteiger partial charge is 0.255 e. The maximum Gasteiger partial charge on any atom is 0.255 e. The molecule has 0 aliphatic rings. The Morgan fingerprint density at radius 3 is 1.94 bits per heavy atom. The molecule has 0 aliphatic carbocycles. The van der Waals surface area contributed by atoms with Gasteiger partial charge in [-0.3, -0.25) is 0 Å². The van der Waals surface area contributed by atoms with E-state index >= 15 is 0 Å². The number of hydrogen-bond donors (Lipinski definition) is 0. The van der Waals surface area contributed by atoms with Crippen LogP contribution in [0.2, 0.25) is 0 Å². The summed E-state index contributed by atoms with van der Waals surface area (Å²) in [6, 6.07) is 0. The third-order valence-corrected chi connectivity index (χ3v) is 6.42. The van der Waals surface area contributed by atoms with Crippen molar-refractivity contribution in [2.24, 2.45) is 0 Å². The summed E-state index contributed by atoms with van der Waals surface area (Å²) < 4.78 is 11.0. The normalized spacial score (nSPS) is 11.8. The summed E-state index contributed by atoms with van der Waals surface area (Å²) in [6.07, 6.45) is 0. The lowest BCUT2D eigenvalue weighted by Gasteiger charge is -2.18. The maximum absolute atomic E-state index is 5.52. The van der Waals surface area contributed by atoms with Crippen LogP contribution < -0.4 is 0 Å². The molecule has 1 heterocycles. The molecule has 0 N–H and O–H groups in total. The highest BCUT2D eigenvalue weighted by molar-refractivity contribution is 8.67. The molecule has 0 fully saturated rings. The molecule has 0 amide bonds. The van der Waals surface area contributed by atoms with Crippen molar-refractivity contribution >= 4 is 28.9 Å². The van der Waals surface area contributed by atoms with Crippen molar-refractivity contribution < 1.29 is 9.05 Å². The van der Waals surface area contributed by atoms with E-state index in [0.29, 0.717) is 30.0 Å². The molecule has 0 atom stereocenters. The van der Waals surface area contributed by atoms with E-state index in [1.165, 1.54) is 11.4 Å². The molecule has 96 valence electrons.